The average Bonchev–Trinajstić information content (AvgIpc) is 2.88. The van der Waals surface area contributed by atoms with Crippen molar-refractivity contribution in [2.24, 2.45) is 0 Å². The molecule has 32 heavy (non-hydrogen) atoms. The van der Waals surface area contributed by atoms with E-state index in [-0.39, 0.29) is 17.9 Å². The Labute approximate surface area is 191 Å². The molecule has 4 aromatic rings. The fraction of sp³-hybridized carbons (Fsp3) is 0.167. The average molecular weight is 420 g/mol. The van der Waals surface area contributed by atoms with Gasteiger partial charge >= 0.3 is 0 Å². The first-order valence-corrected chi connectivity index (χ1v) is 11.2. The highest BCUT2D eigenvalue weighted by Gasteiger charge is 2.28. The van der Waals surface area contributed by atoms with Gasteiger partial charge in [0.05, 0.1) is 0 Å². The van der Waals surface area contributed by atoms with Gasteiger partial charge in [-0.25, -0.2) is 0 Å². The van der Waals surface area contributed by atoms with Crippen molar-refractivity contribution in [1.82, 2.24) is 4.90 Å². The van der Waals surface area contributed by atoms with E-state index in [9.17, 15) is 4.79 Å². The molecule has 0 aromatic heterocycles. The van der Waals surface area contributed by atoms with Crippen LogP contribution in [-0.2, 0) is 6.54 Å². The first-order valence-electron chi connectivity index (χ1n) is 11.2. The molecule has 0 saturated carbocycles. The fourth-order valence-corrected chi connectivity index (χ4v) is 4.25. The van der Waals surface area contributed by atoms with Crippen molar-refractivity contribution >= 4 is 5.78 Å². The van der Waals surface area contributed by atoms with Crippen LogP contribution >= 0.6 is 0 Å². The standard InChI is InChI=1S/C30H29NO/c1-24(26-16-8-3-9-17-26)31(23-25-14-6-2-7-15-25)29(27-18-10-4-11-19-27)22-30(32)28-20-12-5-13-21-28/h2-21,24,29H,22-23H2,1H3/t24-,29+/m0/s1. The first-order chi connectivity index (χ1) is 15.7. The molecule has 0 aliphatic rings. The quantitative estimate of drug-likeness (QED) is 0.266. The highest BCUT2D eigenvalue weighted by Crippen LogP contribution is 2.35. The van der Waals surface area contributed by atoms with Crippen LogP contribution in [0.3, 0.4) is 0 Å². The molecule has 0 amide bonds. The Hall–Kier alpha value is -3.49. The van der Waals surface area contributed by atoms with E-state index >= 15 is 0 Å². The lowest BCUT2D eigenvalue weighted by atomic mass is 9.93. The molecular weight excluding hydrogens is 390 g/mol. The van der Waals surface area contributed by atoms with E-state index in [4.69, 9.17) is 0 Å². The van der Waals surface area contributed by atoms with Crippen LogP contribution in [-0.4, -0.2) is 10.7 Å². The lowest BCUT2D eigenvalue weighted by Crippen LogP contribution is -2.32. The van der Waals surface area contributed by atoms with Crippen LogP contribution in [0.2, 0.25) is 0 Å². The number of carbonyl (C=O) groups excluding carboxylic acids is 1. The summed E-state index contributed by atoms with van der Waals surface area (Å²) in [6.07, 6.45) is 0.429. The second-order valence-electron chi connectivity index (χ2n) is 8.16. The van der Waals surface area contributed by atoms with E-state index in [1.165, 1.54) is 11.1 Å². The predicted octanol–water partition coefficient (Wildman–Crippen LogP) is 7.26. The van der Waals surface area contributed by atoms with Crippen molar-refractivity contribution in [3.05, 3.63) is 144 Å². The van der Waals surface area contributed by atoms with Gasteiger partial charge in [0.2, 0.25) is 0 Å². The Morgan fingerprint density at radius 2 is 1.12 bits per heavy atom. The van der Waals surface area contributed by atoms with Crippen LogP contribution in [0.4, 0.5) is 0 Å². The van der Waals surface area contributed by atoms with Gasteiger partial charge in [0.15, 0.2) is 5.78 Å². The number of Topliss-reactive ketones (excluding diaryl/α,β-unsaturated/α-hetero) is 1. The molecule has 0 heterocycles. The number of hydrogen-bond acceptors (Lipinski definition) is 2. The zero-order valence-electron chi connectivity index (χ0n) is 18.5. The van der Waals surface area contributed by atoms with Gasteiger partial charge in [-0.1, -0.05) is 121 Å². The smallest absolute Gasteiger partial charge is 0.164 e. The zero-order valence-corrected chi connectivity index (χ0v) is 18.5. The monoisotopic (exact) mass is 419 g/mol. The minimum absolute atomic E-state index is 0.0423. The molecule has 0 N–H and O–H groups in total. The van der Waals surface area contributed by atoms with Crippen molar-refractivity contribution in [3.63, 3.8) is 0 Å². The molecule has 4 rings (SSSR count). The molecular formula is C30H29NO. The van der Waals surface area contributed by atoms with Gasteiger partial charge in [0, 0.05) is 30.6 Å². The lowest BCUT2D eigenvalue weighted by Gasteiger charge is -2.37. The molecule has 0 fully saturated rings. The van der Waals surface area contributed by atoms with Crippen molar-refractivity contribution < 1.29 is 4.79 Å². The Morgan fingerprint density at radius 1 is 0.656 bits per heavy atom. The van der Waals surface area contributed by atoms with Crippen LogP contribution in [0.5, 0.6) is 0 Å². The van der Waals surface area contributed by atoms with E-state index in [0.29, 0.717) is 6.42 Å². The number of rotatable bonds is 9. The molecule has 0 aliphatic heterocycles. The number of benzene rings is 4. The largest absolute Gasteiger partial charge is 0.294 e. The summed E-state index contributed by atoms with van der Waals surface area (Å²) in [4.78, 5) is 15.8. The van der Waals surface area contributed by atoms with Gasteiger partial charge in [0.25, 0.3) is 0 Å². The van der Waals surface area contributed by atoms with Crippen molar-refractivity contribution in [2.75, 3.05) is 0 Å². The lowest BCUT2D eigenvalue weighted by molar-refractivity contribution is 0.0847. The SMILES string of the molecule is C[C@@H](c1ccccc1)N(Cc1ccccc1)[C@H](CC(=O)c1ccccc1)c1ccccc1. The van der Waals surface area contributed by atoms with Crippen LogP contribution in [0.15, 0.2) is 121 Å². The third-order valence-corrected chi connectivity index (χ3v) is 6.05. The summed E-state index contributed by atoms with van der Waals surface area (Å²) in [6.45, 7) is 3.00. The fourth-order valence-electron chi connectivity index (χ4n) is 4.25. The Bertz CT molecular complexity index is 1090. The Balaban J connectivity index is 1.73. The van der Waals surface area contributed by atoms with Gasteiger partial charge in [-0.15, -0.1) is 0 Å². The summed E-state index contributed by atoms with van der Waals surface area (Å²) in [5, 5.41) is 0. The van der Waals surface area contributed by atoms with Crippen molar-refractivity contribution in [2.45, 2.75) is 32.0 Å². The molecule has 0 aliphatic carbocycles. The predicted molar refractivity (Wildman–Crippen MR) is 131 cm³/mol. The summed E-state index contributed by atoms with van der Waals surface area (Å²) in [7, 11) is 0. The molecule has 0 unspecified atom stereocenters. The van der Waals surface area contributed by atoms with E-state index in [1.807, 2.05) is 48.5 Å². The van der Waals surface area contributed by atoms with Gasteiger partial charge in [-0.05, 0) is 23.6 Å². The van der Waals surface area contributed by atoms with Gasteiger partial charge < -0.3 is 0 Å². The summed E-state index contributed by atoms with van der Waals surface area (Å²) in [5.74, 6) is 0.165. The zero-order chi connectivity index (χ0) is 22.2. The van der Waals surface area contributed by atoms with Gasteiger partial charge in [-0.3, -0.25) is 9.69 Å². The molecule has 160 valence electrons. The van der Waals surface area contributed by atoms with E-state index in [1.54, 1.807) is 0 Å². The van der Waals surface area contributed by atoms with Crippen molar-refractivity contribution in [1.29, 1.82) is 0 Å². The third-order valence-electron chi connectivity index (χ3n) is 6.05. The summed E-state index contributed by atoms with van der Waals surface area (Å²) < 4.78 is 0. The molecule has 2 heteroatoms. The molecule has 0 saturated heterocycles. The molecule has 0 spiro atoms. The van der Waals surface area contributed by atoms with E-state index in [0.717, 1.165) is 17.7 Å². The van der Waals surface area contributed by atoms with Crippen LogP contribution in [0, 0.1) is 0 Å². The van der Waals surface area contributed by atoms with E-state index < -0.39 is 0 Å². The molecule has 0 radical (unpaired) electrons. The normalized spacial score (nSPS) is 12.9. The summed E-state index contributed by atoms with van der Waals surface area (Å²) >= 11 is 0. The number of carbonyl (C=O) groups is 1. The minimum atomic E-state index is -0.0423. The highest BCUT2D eigenvalue weighted by atomic mass is 16.1. The second kappa shape index (κ2) is 10.7. The maximum atomic E-state index is 13.3. The van der Waals surface area contributed by atoms with Crippen LogP contribution in [0.25, 0.3) is 0 Å². The molecule has 2 nitrogen and oxygen atoms in total. The topological polar surface area (TPSA) is 20.3 Å². The number of nitrogens with zero attached hydrogens (tertiary/aromatic N) is 1. The summed E-state index contributed by atoms with van der Waals surface area (Å²) in [6, 6.07) is 41.2. The van der Waals surface area contributed by atoms with Crippen molar-refractivity contribution in [3.8, 4) is 0 Å². The van der Waals surface area contributed by atoms with Crippen LogP contribution in [0.1, 0.15) is 52.5 Å². The minimum Gasteiger partial charge on any atom is -0.294 e. The van der Waals surface area contributed by atoms with E-state index in [2.05, 4.69) is 84.6 Å². The van der Waals surface area contributed by atoms with Gasteiger partial charge in [0.1, 0.15) is 0 Å². The second-order valence-corrected chi connectivity index (χ2v) is 8.16. The Kier molecular flexibility index (Phi) is 7.27. The number of hydrogen-bond donors (Lipinski definition) is 0. The molecule has 0 bridgehead atoms. The molecule has 4 aromatic carbocycles. The van der Waals surface area contributed by atoms with Gasteiger partial charge in [-0.2, -0.15) is 0 Å². The number of ketones is 1. The molecule has 2 atom stereocenters. The maximum absolute atomic E-state index is 13.3. The highest BCUT2D eigenvalue weighted by molar-refractivity contribution is 5.96. The third kappa shape index (κ3) is 5.40. The summed E-state index contributed by atoms with van der Waals surface area (Å²) in [5.41, 5.74) is 4.41. The maximum Gasteiger partial charge on any atom is 0.164 e. The first kappa shape index (κ1) is 21.7. The Morgan fingerprint density at radius 3 is 1.69 bits per heavy atom. The van der Waals surface area contributed by atoms with Crippen LogP contribution < -0.4 is 0 Å².